The second-order valence-electron chi connectivity index (χ2n) is 2.37. The van der Waals surface area contributed by atoms with Gasteiger partial charge in [0, 0.05) is 0 Å². The van der Waals surface area contributed by atoms with Crippen LogP contribution in [0.15, 0.2) is 0 Å². The number of hydrogen-bond donors (Lipinski definition) is 1. The molecule has 3 nitrogen and oxygen atoms in total. The molecule has 0 aliphatic rings. The van der Waals surface area contributed by atoms with Gasteiger partial charge in [0.05, 0.1) is 7.11 Å². The highest BCUT2D eigenvalue weighted by atomic mass is 31.0. The molecule has 0 aromatic heterocycles. The first-order valence-electron chi connectivity index (χ1n) is 2.82. The lowest BCUT2D eigenvalue weighted by Crippen LogP contribution is -2.45. The summed E-state index contributed by atoms with van der Waals surface area (Å²) >= 11 is 0. The van der Waals surface area contributed by atoms with Crippen molar-refractivity contribution in [2.75, 3.05) is 14.2 Å². The molecule has 1 atom stereocenters. The predicted octanol–water partition coefficient (Wildman–Crippen LogP) is 0.215. The van der Waals surface area contributed by atoms with Crippen molar-refractivity contribution in [2.24, 2.45) is 0 Å². The first-order chi connectivity index (χ1) is 4.04. The average Bonchev–Trinajstić information content (AvgIpc) is 1.86. The summed E-state index contributed by atoms with van der Waals surface area (Å²) in [5, 5.41) is 2.82. The van der Waals surface area contributed by atoms with E-state index in [9.17, 15) is 4.79 Å². The molecule has 0 amide bonds. The zero-order chi connectivity index (χ0) is 7.49. The van der Waals surface area contributed by atoms with Gasteiger partial charge in [0.1, 0.15) is 5.54 Å². The largest absolute Gasteiger partial charge is 0.468 e. The molecule has 10 heavy (non-hydrogen) atoms. The SMILES string of the molecule is CNC(C)(C)C(=O)OC.P. The minimum atomic E-state index is -0.561. The van der Waals surface area contributed by atoms with Gasteiger partial charge in [-0.05, 0) is 20.9 Å². The van der Waals surface area contributed by atoms with Crippen molar-refractivity contribution < 1.29 is 9.53 Å². The highest BCUT2D eigenvalue weighted by molar-refractivity contribution is 6.92. The normalized spacial score (nSPS) is 10.0. The molecule has 0 saturated heterocycles. The van der Waals surface area contributed by atoms with Gasteiger partial charge in [-0.3, -0.25) is 4.79 Å². The Kier molecular flexibility index (Phi) is 5.81. The maximum Gasteiger partial charge on any atom is 0.325 e. The van der Waals surface area contributed by atoms with E-state index in [0.29, 0.717) is 0 Å². The molecular formula is C6H16NO2P. The van der Waals surface area contributed by atoms with Crippen LogP contribution in [0.5, 0.6) is 0 Å². The maximum absolute atomic E-state index is 10.8. The summed E-state index contributed by atoms with van der Waals surface area (Å²) in [6, 6.07) is 0. The molecule has 0 rings (SSSR count). The van der Waals surface area contributed by atoms with Crippen molar-refractivity contribution in [2.45, 2.75) is 19.4 Å². The molecule has 0 spiro atoms. The number of esters is 1. The van der Waals surface area contributed by atoms with Gasteiger partial charge in [-0.15, -0.1) is 0 Å². The Bertz CT molecular complexity index is 114. The number of methoxy groups -OCH3 is 1. The molecule has 0 saturated carbocycles. The highest BCUT2D eigenvalue weighted by Gasteiger charge is 2.25. The molecule has 0 aliphatic carbocycles. The standard InChI is InChI=1S/C6H13NO2.H3P/c1-6(2,7-3)5(8)9-4;/h7H,1-4H3;1H3. The highest BCUT2D eigenvalue weighted by Crippen LogP contribution is 2.01. The lowest BCUT2D eigenvalue weighted by Gasteiger charge is -2.19. The minimum Gasteiger partial charge on any atom is -0.468 e. The topological polar surface area (TPSA) is 38.3 Å². The van der Waals surface area contributed by atoms with E-state index in [-0.39, 0.29) is 15.9 Å². The summed E-state index contributed by atoms with van der Waals surface area (Å²) in [7, 11) is 3.10. The molecule has 62 valence electrons. The quantitative estimate of drug-likeness (QED) is 0.469. The van der Waals surface area contributed by atoms with Crippen molar-refractivity contribution in [3.63, 3.8) is 0 Å². The summed E-state index contributed by atoms with van der Waals surface area (Å²) in [5.74, 6) is -0.245. The van der Waals surface area contributed by atoms with Crippen LogP contribution in [0.3, 0.4) is 0 Å². The van der Waals surface area contributed by atoms with Crippen LogP contribution in [0.4, 0.5) is 0 Å². The minimum absolute atomic E-state index is 0. The van der Waals surface area contributed by atoms with E-state index in [1.807, 2.05) is 0 Å². The van der Waals surface area contributed by atoms with Gasteiger partial charge in [-0.2, -0.15) is 9.90 Å². The van der Waals surface area contributed by atoms with Gasteiger partial charge < -0.3 is 10.1 Å². The monoisotopic (exact) mass is 165 g/mol. The van der Waals surface area contributed by atoms with Gasteiger partial charge in [-0.25, -0.2) is 0 Å². The van der Waals surface area contributed by atoms with Gasteiger partial charge in [0.25, 0.3) is 0 Å². The van der Waals surface area contributed by atoms with E-state index in [2.05, 4.69) is 10.1 Å². The number of rotatable bonds is 2. The number of carbonyl (C=O) groups is 1. The summed E-state index contributed by atoms with van der Waals surface area (Å²) in [5.41, 5.74) is -0.561. The molecule has 0 heterocycles. The van der Waals surface area contributed by atoms with Crippen LogP contribution in [0.25, 0.3) is 0 Å². The van der Waals surface area contributed by atoms with Gasteiger partial charge in [0.15, 0.2) is 0 Å². The third-order valence-corrected chi connectivity index (χ3v) is 1.32. The Hall–Kier alpha value is -0.140. The Labute approximate surface area is 65.1 Å². The van der Waals surface area contributed by atoms with Crippen LogP contribution < -0.4 is 5.32 Å². The predicted molar refractivity (Wildman–Crippen MR) is 46.3 cm³/mol. The van der Waals surface area contributed by atoms with Crippen molar-refractivity contribution in [3.05, 3.63) is 0 Å². The molecule has 0 aromatic carbocycles. The van der Waals surface area contributed by atoms with Crippen LogP contribution in [0, 0.1) is 0 Å². The fraction of sp³-hybridized carbons (Fsp3) is 0.833. The molecule has 0 bridgehead atoms. The lowest BCUT2D eigenvalue weighted by atomic mass is 10.1. The van der Waals surface area contributed by atoms with E-state index in [1.54, 1.807) is 20.9 Å². The maximum atomic E-state index is 10.8. The summed E-state index contributed by atoms with van der Waals surface area (Å²) in [4.78, 5) is 10.8. The first-order valence-corrected chi connectivity index (χ1v) is 2.82. The molecule has 0 aliphatic heterocycles. The van der Waals surface area contributed by atoms with Gasteiger partial charge in [0.2, 0.25) is 0 Å². The van der Waals surface area contributed by atoms with Crippen molar-refractivity contribution >= 4 is 15.9 Å². The van der Waals surface area contributed by atoms with Gasteiger partial charge >= 0.3 is 5.97 Å². The van der Waals surface area contributed by atoms with E-state index in [1.165, 1.54) is 7.11 Å². The number of nitrogens with one attached hydrogen (secondary N) is 1. The Morgan fingerprint density at radius 1 is 1.50 bits per heavy atom. The number of hydrogen-bond acceptors (Lipinski definition) is 3. The second-order valence-corrected chi connectivity index (χ2v) is 2.37. The zero-order valence-electron chi connectivity index (χ0n) is 7.02. The van der Waals surface area contributed by atoms with Crippen LogP contribution >= 0.6 is 9.90 Å². The van der Waals surface area contributed by atoms with Crippen LogP contribution in [-0.2, 0) is 9.53 Å². The van der Waals surface area contributed by atoms with E-state index in [4.69, 9.17) is 0 Å². The Balaban J connectivity index is 0. The van der Waals surface area contributed by atoms with Gasteiger partial charge in [-0.1, -0.05) is 0 Å². The Morgan fingerprint density at radius 3 is 2.00 bits per heavy atom. The molecule has 0 aromatic rings. The molecule has 4 heteroatoms. The third kappa shape index (κ3) is 3.14. The Morgan fingerprint density at radius 2 is 1.90 bits per heavy atom. The number of carbonyl (C=O) groups excluding carboxylic acids is 1. The lowest BCUT2D eigenvalue weighted by molar-refractivity contribution is -0.146. The van der Waals surface area contributed by atoms with E-state index < -0.39 is 5.54 Å². The summed E-state index contributed by atoms with van der Waals surface area (Å²) < 4.78 is 4.50. The molecule has 1 unspecified atom stereocenters. The van der Waals surface area contributed by atoms with Crippen molar-refractivity contribution in [1.82, 2.24) is 5.32 Å². The fourth-order valence-electron chi connectivity index (χ4n) is 0.357. The second kappa shape index (κ2) is 4.64. The smallest absolute Gasteiger partial charge is 0.325 e. The van der Waals surface area contributed by atoms with Crippen molar-refractivity contribution in [1.29, 1.82) is 0 Å². The third-order valence-electron chi connectivity index (χ3n) is 1.32. The molecule has 0 fully saturated rings. The zero-order valence-corrected chi connectivity index (χ0v) is 8.44. The number of likely N-dealkylation sites (N-methyl/N-ethyl adjacent to an activating group) is 1. The van der Waals surface area contributed by atoms with Crippen LogP contribution in [-0.4, -0.2) is 25.7 Å². The first kappa shape index (κ1) is 12.5. The van der Waals surface area contributed by atoms with E-state index in [0.717, 1.165) is 0 Å². The molecule has 0 radical (unpaired) electrons. The van der Waals surface area contributed by atoms with E-state index >= 15 is 0 Å². The van der Waals surface area contributed by atoms with Crippen LogP contribution in [0.1, 0.15) is 13.8 Å². The number of ether oxygens (including phenoxy) is 1. The average molecular weight is 165 g/mol. The molecule has 1 N–H and O–H groups in total. The fourth-order valence-corrected chi connectivity index (χ4v) is 0.357. The summed E-state index contributed by atoms with van der Waals surface area (Å²) in [6.07, 6.45) is 0. The van der Waals surface area contributed by atoms with Crippen LogP contribution in [0.2, 0.25) is 0 Å². The van der Waals surface area contributed by atoms with Crippen molar-refractivity contribution in [3.8, 4) is 0 Å². The molecular weight excluding hydrogens is 149 g/mol. The summed E-state index contributed by atoms with van der Waals surface area (Å²) in [6.45, 7) is 3.53.